The van der Waals surface area contributed by atoms with Crippen LogP contribution < -0.4 is 5.73 Å². The molecular formula is C13H19N5. The summed E-state index contributed by atoms with van der Waals surface area (Å²) in [5.41, 5.74) is 8.97. The Bertz CT molecular complexity index is 554. The molecule has 0 aromatic carbocycles. The van der Waals surface area contributed by atoms with E-state index in [4.69, 9.17) is 5.73 Å². The maximum atomic E-state index is 6.00. The molecule has 0 atom stereocenters. The summed E-state index contributed by atoms with van der Waals surface area (Å²) in [4.78, 5) is 11.3. The number of aryl methyl sites for hydroxylation is 1. The molecule has 0 amide bonds. The molecule has 96 valence electrons. The van der Waals surface area contributed by atoms with Crippen molar-refractivity contribution in [2.45, 2.75) is 26.3 Å². The number of likely N-dealkylation sites (tertiary alicyclic amines) is 1. The van der Waals surface area contributed by atoms with Crippen LogP contribution >= 0.6 is 0 Å². The fraction of sp³-hybridized carbons (Fsp3) is 0.538. The molecule has 3 rings (SSSR count). The molecule has 0 spiro atoms. The fourth-order valence-electron chi connectivity index (χ4n) is 2.62. The molecule has 0 radical (unpaired) electrons. The molecular weight excluding hydrogens is 226 g/mol. The highest BCUT2D eigenvalue weighted by Gasteiger charge is 2.14. The molecule has 3 heterocycles. The van der Waals surface area contributed by atoms with Gasteiger partial charge in [0.15, 0.2) is 5.65 Å². The molecule has 0 saturated carbocycles. The van der Waals surface area contributed by atoms with Gasteiger partial charge >= 0.3 is 0 Å². The Hall–Kier alpha value is -1.62. The minimum atomic E-state index is 0.575. The van der Waals surface area contributed by atoms with Gasteiger partial charge in [0.2, 0.25) is 5.95 Å². The van der Waals surface area contributed by atoms with E-state index in [-0.39, 0.29) is 0 Å². The van der Waals surface area contributed by atoms with Gasteiger partial charge in [-0.25, -0.2) is 9.97 Å². The summed E-state index contributed by atoms with van der Waals surface area (Å²) in [7, 11) is 0. The highest BCUT2D eigenvalue weighted by atomic mass is 15.2. The second kappa shape index (κ2) is 4.57. The molecule has 2 aromatic rings. The molecule has 18 heavy (non-hydrogen) atoms. The lowest BCUT2D eigenvalue weighted by Crippen LogP contribution is -2.24. The van der Waals surface area contributed by atoms with Gasteiger partial charge in [0.05, 0.1) is 0 Å². The fourth-order valence-corrected chi connectivity index (χ4v) is 2.62. The number of aromatic nitrogens is 3. The van der Waals surface area contributed by atoms with E-state index in [1.54, 1.807) is 0 Å². The van der Waals surface area contributed by atoms with E-state index in [0.717, 1.165) is 29.8 Å². The number of pyridine rings is 1. The van der Waals surface area contributed by atoms with Gasteiger partial charge in [-0.3, -0.25) is 4.57 Å². The average Bonchev–Trinajstić information content (AvgIpc) is 2.95. The Morgan fingerprint density at radius 3 is 2.83 bits per heavy atom. The zero-order valence-electron chi connectivity index (χ0n) is 10.8. The lowest BCUT2D eigenvalue weighted by atomic mass is 10.3. The lowest BCUT2D eigenvalue weighted by molar-refractivity contribution is 0.325. The highest BCUT2D eigenvalue weighted by Crippen LogP contribution is 2.19. The van der Waals surface area contributed by atoms with Crippen LogP contribution in [0.15, 0.2) is 12.3 Å². The summed E-state index contributed by atoms with van der Waals surface area (Å²) >= 11 is 0. The summed E-state index contributed by atoms with van der Waals surface area (Å²) in [5, 5.41) is 0. The Kier molecular flexibility index (Phi) is 2.91. The van der Waals surface area contributed by atoms with Crippen molar-refractivity contribution in [2.24, 2.45) is 0 Å². The smallest absolute Gasteiger partial charge is 0.202 e. The van der Waals surface area contributed by atoms with Gasteiger partial charge in [-0.2, -0.15) is 0 Å². The zero-order valence-corrected chi connectivity index (χ0v) is 10.8. The molecule has 1 aliphatic rings. The van der Waals surface area contributed by atoms with Crippen molar-refractivity contribution in [2.75, 3.05) is 25.4 Å². The average molecular weight is 245 g/mol. The van der Waals surface area contributed by atoms with Crippen LogP contribution in [0.25, 0.3) is 11.2 Å². The topological polar surface area (TPSA) is 60.0 Å². The first-order valence-corrected chi connectivity index (χ1v) is 6.55. The minimum absolute atomic E-state index is 0.575. The Balaban J connectivity index is 1.86. The Morgan fingerprint density at radius 2 is 2.06 bits per heavy atom. The number of fused-ring (bicyclic) bond motifs is 1. The third-order valence-corrected chi connectivity index (χ3v) is 3.70. The molecule has 5 heteroatoms. The first kappa shape index (κ1) is 11.5. The van der Waals surface area contributed by atoms with Gasteiger partial charge in [-0.05, 0) is 44.5 Å². The Labute approximate surface area is 107 Å². The van der Waals surface area contributed by atoms with Crippen LogP contribution in [-0.4, -0.2) is 39.1 Å². The van der Waals surface area contributed by atoms with Crippen LogP contribution in [0.5, 0.6) is 0 Å². The molecule has 1 aliphatic heterocycles. The number of nitrogens with two attached hydrogens (primary N) is 1. The van der Waals surface area contributed by atoms with E-state index < -0.39 is 0 Å². The number of anilines is 1. The number of hydrogen-bond donors (Lipinski definition) is 1. The maximum absolute atomic E-state index is 6.00. The van der Waals surface area contributed by atoms with Crippen LogP contribution in [0.1, 0.15) is 18.4 Å². The van der Waals surface area contributed by atoms with E-state index >= 15 is 0 Å². The van der Waals surface area contributed by atoms with Crippen LogP contribution in [-0.2, 0) is 6.54 Å². The standard InChI is InChI=1S/C13H19N5/c1-10-4-5-15-12-11(10)16-13(14)18(12)9-8-17-6-2-3-7-17/h4-5H,2-3,6-9H2,1H3,(H2,14,16). The van der Waals surface area contributed by atoms with Gasteiger partial charge in [-0.1, -0.05) is 0 Å². The normalized spacial score (nSPS) is 16.7. The van der Waals surface area contributed by atoms with Crippen molar-refractivity contribution in [3.63, 3.8) is 0 Å². The summed E-state index contributed by atoms with van der Waals surface area (Å²) in [6.45, 7) is 6.36. The van der Waals surface area contributed by atoms with Crippen molar-refractivity contribution in [1.82, 2.24) is 19.4 Å². The highest BCUT2D eigenvalue weighted by molar-refractivity contribution is 5.77. The second-order valence-electron chi connectivity index (χ2n) is 4.97. The molecule has 0 unspecified atom stereocenters. The zero-order chi connectivity index (χ0) is 12.5. The van der Waals surface area contributed by atoms with Crippen LogP contribution in [0.2, 0.25) is 0 Å². The quantitative estimate of drug-likeness (QED) is 0.888. The van der Waals surface area contributed by atoms with Gasteiger partial charge in [0.25, 0.3) is 0 Å². The summed E-state index contributed by atoms with van der Waals surface area (Å²) < 4.78 is 2.03. The van der Waals surface area contributed by atoms with E-state index in [1.807, 2.05) is 23.8 Å². The number of imidazole rings is 1. The molecule has 1 saturated heterocycles. The number of hydrogen-bond acceptors (Lipinski definition) is 4. The molecule has 2 aromatic heterocycles. The van der Waals surface area contributed by atoms with Crippen molar-refractivity contribution < 1.29 is 0 Å². The van der Waals surface area contributed by atoms with Crippen LogP contribution in [0.4, 0.5) is 5.95 Å². The number of nitrogen functional groups attached to an aromatic ring is 1. The monoisotopic (exact) mass is 245 g/mol. The van der Waals surface area contributed by atoms with Crippen molar-refractivity contribution in [3.8, 4) is 0 Å². The summed E-state index contributed by atoms with van der Waals surface area (Å²) in [6, 6.07) is 1.97. The third-order valence-electron chi connectivity index (χ3n) is 3.70. The summed E-state index contributed by atoms with van der Waals surface area (Å²) in [6.07, 6.45) is 4.46. The van der Waals surface area contributed by atoms with Gasteiger partial charge in [0, 0.05) is 19.3 Å². The van der Waals surface area contributed by atoms with Crippen molar-refractivity contribution in [1.29, 1.82) is 0 Å². The predicted molar refractivity (Wildman–Crippen MR) is 72.4 cm³/mol. The maximum Gasteiger partial charge on any atom is 0.202 e. The predicted octanol–water partition coefficient (Wildman–Crippen LogP) is 1.42. The van der Waals surface area contributed by atoms with Gasteiger partial charge in [-0.15, -0.1) is 0 Å². The minimum Gasteiger partial charge on any atom is -0.369 e. The second-order valence-corrected chi connectivity index (χ2v) is 4.97. The SMILES string of the molecule is Cc1ccnc2c1nc(N)n2CCN1CCCC1. The van der Waals surface area contributed by atoms with E-state index in [1.165, 1.54) is 25.9 Å². The largest absolute Gasteiger partial charge is 0.369 e. The van der Waals surface area contributed by atoms with Crippen molar-refractivity contribution in [3.05, 3.63) is 17.8 Å². The van der Waals surface area contributed by atoms with E-state index in [2.05, 4.69) is 14.9 Å². The van der Waals surface area contributed by atoms with E-state index in [0.29, 0.717) is 5.95 Å². The van der Waals surface area contributed by atoms with E-state index in [9.17, 15) is 0 Å². The lowest BCUT2D eigenvalue weighted by Gasteiger charge is -2.15. The van der Waals surface area contributed by atoms with Crippen LogP contribution in [0.3, 0.4) is 0 Å². The third kappa shape index (κ3) is 1.95. The summed E-state index contributed by atoms with van der Waals surface area (Å²) in [5.74, 6) is 0.575. The van der Waals surface area contributed by atoms with Gasteiger partial charge in [0.1, 0.15) is 5.52 Å². The van der Waals surface area contributed by atoms with Crippen LogP contribution in [0, 0.1) is 6.92 Å². The van der Waals surface area contributed by atoms with Crippen molar-refractivity contribution >= 4 is 17.1 Å². The molecule has 0 bridgehead atoms. The molecule has 5 nitrogen and oxygen atoms in total. The van der Waals surface area contributed by atoms with Gasteiger partial charge < -0.3 is 10.6 Å². The number of rotatable bonds is 3. The Morgan fingerprint density at radius 1 is 1.28 bits per heavy atom. The first-order chi connectivity index (χ1) is 8.75. The number of nitrogens with zero attached hydrogens (tertiary/aromatic N) is 4. The molecule has 0 aliphatic carbocycles. The molecule has 2 N–H and O–H groups in total. The molecule has 1 fully saturated rings. The first-order valence-electron chi connectivity index (χ1n) is 6.55.